The summed E-state index contributed by atoms with van der Waals surface area (Å²) in [6.45, 7) is 6.59. The number of aliphatic imine (C=N–C) groups is 1. The molecule has 0 saturated carbocycles. The molecule has 0 bridgehead atoms. The SMILES string of the molecule is CCCC(=NC(C)C)[N-]C(C)C(F)(F)F.[Co]. The number of rotatable bonds is 4. The third kappa shape index (κ3) is 7.98. The van der Waals surface area contributed by atoms with Crippen molar-refractivity contribution in [3.63, 3.8) is 0 Å². The van der Waals surface area contributed by atoms with Gasteiger partial charge in [0.25, 0.3) is 0 Å². The van der Waals surface area contributed by atoms with Crippen molar-refractivity contribution in [3.8, 4) is 0 Å². The minimum Gasteiger partial charge on any atom is -0.466 e. The molecule has 0 aromatic rings. The normalized spacial score (nSPS) is 14.6. The van der Waals surface area contributed by atoms with Crippen molar-refractivity contribution in [2.24, 2.45) is 4.99 Å². The van der Waals surface area contributed by atoms with Crippen LogP contribution in [0.1, 0.15) is 40.5 Å². The largest absolute Gasteiger partial charge is 0.466 e. The summed E-state index contributed by atoms with van der Waals surface area (Å²) < 4.78 is 36.7. The van der Waals surface area contributed by atoms with Crippen LogP contribution in [0.2, 0.25) is 0 Å². The van der Waals surface area contributed by atoms with Crippen LogP contribution < -0.4 is 0 Å². The van der Waals surface area contributed by atoms with E-state index in [0.717, 1.165) is 13.3 Å². The summed E-state index contributed by atoms with van der Waals surface area (Å²) in [5.41, 5.74) is 0. The number of halogens is 3. The zero-order valence-corrected chi connectivity index (χ0v) is 11.0. The summed E-state index contributed by atoms with van der Waals surface area (Å²) in [5, 5.41) is 3.60. The molecule has 0 aliphatic carbocycles. The van der Waals surface area contributed by atoms with Gasteiger partial charge < -0.3 is 10.3 Å². The third-order valence-electron chi connectivity index (χ3n) is 1.70. The summed E-state index contributed by atoms with van der Waals surface area (Å²) in [5.74, 6) is 0.317. The molecule has 16 heavy (non-hydrogen) atoms. The molecule has 0 aromatic heterocycles. The fourth-order valence-electron chi connectivity index (χ4n) is 0.981. The molecule has 1 unspecified atom stereocenters. The Morgan fingerprint density at radius 2 is 1.75 bits per heavy atom. The molecule has 2 nitrogen and oxygen atoms in total. The number of hydrogen-bond acceptors (Lipinski definition) is 1. The predicted octanol–water partition coefficient (Wildman–Crippen LogP) is 3.92. The van der Waals surface area contributed by atoms with E-state index in [0.29, 0.717) is 12.3 Å². The van der Waals surface area contributed by atoms with Crippen LogP contribution in [0.3, 0.4) is 0 Å². The van der Waals surface area contributed by atoms with E-state index >= 15 is 0 Å². The van der Waals surface area contributed by atoms with Crippen molar-refractivity contribution in [2.45, 2.75) is 58.8 Å². The van der Waals surface area contributed by atoms with E-state index in [-0.39, 0.29) is 22.8 Å². The molecule has 0 amide bonds. The summed E-state index contributed by atoms with van der Waals surface area (Å²) in [6.07, 6.45) is -3.02. The average Bonchev–Trinajstić information content (AvgIpc) is 2.01. The number of amidine groups is 1. The second-order valence-electron chi connectivity index (χ2n) is 3.74. The van der Waals surface area contributed by atoms with Crippen LogP contribution >= 0.6 is 0 Å². The van der Waals surface area contributed by atoms with Crippen LogP contribution in [0, 0.1) is 0 Å². The molecule has 1 radical (unpaired) electrons. The summed E-state index contributed by atoms with van der Waals surface area (Å²) >= 11 is 0. The smallest absolute Gasteiger partial charge is 0.390 e. The molecular formula is C10H18CoF3N2-. The molecule has 0 spiro atoms. The van der Waals surface area contributed by atoms with Crippen LogP contribution in [0.4, 0.5) is 13.2 Å². The molecular weight excluding hydrogens is 264 g/mol. The maximum atomic E-state index is 12.2. The predicted molar refractivity (Wildman–Crippen MR) is 56.4 cm³/mol. The van der Waals surface area contributed by atoms with Crippen molar-refractivity contribution >= 4 is 5.84 Å². The van der Waals surface area contributed by atoms with Crippen LogP contribution in [0.15, 0.2) is 4.99 Å². The molecule has 99 valence electrons. The molecule has 0 heterocycles. The molecule has 0 fully saturated rings. The molecule has 0 rings (SSSR count). The maximum absolute atomic E-state index is 12.2. The Kier molecular flexibility index (Phi) is 9.01. The van der Waals surface area contributed by atoms with Gasteiger partial charge in [0.2, 0.25) is 0 Å². The summed E-state index contributed by atoms with van der Waals surface area (Å²) in [4.78, 5) is 4.07. The molecule has 0 saturated heterocycles. The first kappa shape index (κ1) is 18.1. The molecule has 0 aliphatic heterocycles. The van der Waals surface area contributed by atoms with Crippen LogP contribution in [0.5, 0.6) is 0 Å². The van der Waals surface area contributed by atoms with Gasteiger partial charge in [0, 0.05) is 16.8 Å². The van der Waals surface area contributed by atoms with E-state index in [1.807, 2.05) is 20.8 Å². The standard InChI is InChI=1S/C10H18F3N2.Co/c1-5-6-9(14-7(2)3)15-8(4)10(11,12)13;/h7-8H,5-6H2,1-4H3;/q-1;. The van der Waals surface area contributed by atoms with Gasteiger partial charge in [0.05, 0.1) is 6.04 Å². The second kappa shape index (κ2) is 7.95. The third-order valence-corrected chi connectivity index (χ3v) is 1.70. The van der Waals surface area contributed by atoms with Gasteiger partial charge in [-0.05, 0) is 12.5 Å². The Hall–Kier alpha value is -0.234. The zero-order chi connectivity index (χ0) is 12.1. The Balaban J connectivity index is 0. The van der Waals surface area contributed by atoms with Crippen LogP contribution in [0.25, 0.3) is 5.32 Å². The van der Waals surface area contributed by atoms with Gasteiger partial charge in [0.15, 0.2) is 0 Å². The first-order chi connectivity index (χ1) is 6.77. The van der Waals surface area contributed by atoms with Crippen molar-refractivity contribution in [1.29, 1.82) is 0 Å². The molecule has 0 aromatic carbocycles. The van der Waals surface area contributed by atoms with Gasteiger partial charge in [-0.15, -0.1) is 0 Å². The van der Waals surface area contributed by atoms with Crippen LogP contribution in [-0.2, 0) is 16.8 Å². The molecule has 6 heteroatoms. The van der Waals surface area contributed by atoms with E-state index in [4.69, 9.17) is 0 Å². The first-order valence-electron chi connectivity index (χ1n) is 5.11. The van der Waals surface area contributed by atoms with E-state index in [2.05, 4.69) is 10.3 Å². The van der Waals surface area contributed by atoms with Crippen molar-refractivity contribution in [3.05, 3.63) is 5.32 Å². The first-order valence-corrected chi connectivity index (χ1v) is 5.11. The Morgan fingerprint density at radius 3 is 2.06 bits per heavy atom. The topological polar surface area (TPSA) is 26.5 Å². The maximum Gasteiger partial charge on any atom is 0.390 e. The molecule has 1 atom stereocenters. The zero-order valence-electron chi connectivity index (χ0n) is 9.93. The fraction of sp³-hybridized carbons (Fsp3) is 0.900. The monoisotopic (exact) mass is 282 g/mol. The van der Waals surface area contributed by atoms with Gasteiger partial charge in [-0.2, -0.15) is 13.2 Å². The molecule has 0 aliphatic rings. The number of nitrogens with zero attached hydrogens (tertiary/aromatic N) is 2. The minimum absolute atomic E-state index is 0. The minimum atomic E-state index is -4.27. The van der Waals surface area contributed by atoms with Crippen molar-refractivity contribution in [2.75, 3.05) is 0 Å². The molecule has 0 N–H and O–H groups in total. The van der Waals surface area contributed by atoms with Crippen LogP contribution in [-0.4, -0.2) is 24.1 Å². The Bertz CT molecular complexity index is 215. The quantitative estimate of drug-likeness (QED) is 0.552. The summed E-state index contributed by atoms with van der Waals surface area (Å²) in [6, 6.07) is -1.68. The van der Waals surface area contributed by atoms with E-state index < -0.39 is 12.2 Å². The van der Waals surface area contributed by atoms with Gasteiger partial charge in [-0.1, -0.05) is 40.0 Å². The summed E-state index contributed by atoms with van der Waals surface area (Å²) in [7, 11) is 0. The number of alkyl halides is 3. The Morgan fingerprint density at radius 1 is 1.25 bits per heavy atom. The average molecular weight is 282 g/mol. The van der Waals surface area contributed by atoms with E-state index in [1.165, 1.54) is 0 Å². The van der Waals surface area contributed by atoms with Gasteiger partial charge in [-0.3, -0.25) is 0 Å². The van der Waals surface area contributed by atoms with E-state index in [1.54, 1.807) is 0 Å². The second-order valence-corrected chi connectivity index (χ2v) is 3.74. The van der Waals surface area contributed by atoms with Crippen molar-refractivity contribution in [1.82, 2.24) is 0 Å². The Labute approximate surface area is 105 Å². The van der Waals surface area contributed by atoms with Crippen molar-refractivity contribution < 1.29 is 30.0 Å². The van der Waals surface area contributed by atoms with Gasteiger partial charge >= 0.3 is 6.18 Å². The van der Waals surface area contributed by atoms with E-state index in [9.17, 15) is 13.2 Å². The van der Waals surface area contributed by atoms with Gasteiger partial charge in [0.1, 0.15) is 0 Å². The number of hydrogen-bond donors (Lipinski definition) is 0. The van der Waals surface area contributed by atoms with Gasteiger partial charge in [-0.25, -0.2) is 0 Å². The fourth-order valence-corrected chi connectivity index (χ4v) is 0.981.